The Morgan fingerprint density at radius 1 is 1.56 bits per heavy atom. The molecule has 1 atom stereocenters. The standard InChI is InChI=1S/C13H20ClN3S/c1-3-15-8-12-11(14)4-5-13(16-12)17(2)10-6-7-18-9-10/h4-5,10,15H,3,6-9H2,1-2H3. The van der Waals surface area contributed by atoms with Crippen LogP contribution in [0.2, 0.25) is 5.02 Å². The van der Waals surface area contributed by atoms with Gasteiger partial charge in [0.15, 0.2) is 0 Å². The normalized spacial score (nSPS) is 19.2. The van der Waals surface area contributed by atoms with E-state index in [1.54, 1.807) is 0 Å². The zero-order valence-corrected chi connectivity index (χ0v) is 12.5. The minimum Gasteiger partial charge on any atom is -0.356 e. The number of pyridine rings is 1. The van der Waals surface area contributed by atoms with Crippen molar-refractivity contribution in [1.29, 1.82) is 0 Å². The van der Waals surface area contributed by atoms with E-state index < -0.39 is 0 Å². The summed E-state index contributed by atoms with van der Waals surface area (Å²) >= 11 is 8.19. The molecule has 1 fully saturated rings. The Balaban J connectivity index is 2.12. The molecule has 1 saturated heterocycles. The number of nitrogens with zero attached hydrogens (tertiary/aromatic N) is 2. The largest absolute Gasteiger partial charge is 0.356 e. The molecular weight excluding hydrogens is 266 g/mol. The molecule has 0 spiro atoms. The molecule has 0 amide bonds. The molecule has 5 heteroatoms. The molecule has 0 aliphatic carbocycles. The first kappa shape index (κ1) is 14.0. The van der Waals surface area contributed by atoms with E-state index in [0.29, 0.717) is 6.04 Å². The zero-order valence-electron chi connectivity index (χ0n) is 10.9. The van der Waals surface area contributed by atoms with Crippen molar-refractivity contribution in [3.63, 3.8) is 0 Å². The number of rotatable bonds is 5. The Kier molecular flexibility index (Phi) is 5.15. The molecule has 1 aromatic heterocycles. The highest BCUT2D eigenvalue weighted by molar-refractivity contribution is 7.99. The molecule has 1 aromatic rings. The Labute approximate surface area is 118 Å². The van der Waals surface area contributed by atoms with Crippen molar-refractivity contribution in [3.05, 3.63) is 22.8 Å². The molecule has 0 aromatic carbocycles. The summed E-state index contributed by atoms with van der Waals surface area (Å²) in [4.78, 5) is 6.96. The van der Waals surface area contributed by atoms with Crippen LogP contribution in [-0.2, 0) is 6.54 Å². The monoisotopic (exact) mass is 285 g/mol. The van der Waals surface area contributed by atoms with E-state index in [0.717, 1.165) is 29.6 Å². The van der Waals surface area contributed by atoms with Gasteiger partial charge >= 0.3 is 0 Å². The molecule has 0 radical (unpaired) electrons. The number of hydrogen-bond donors (Lipinski definition) is 1. The number of nitrogens with one attached hydrogen (secondary N) is 1. The average molecular weight is 286 g/mol. The molecule has 1 N–H and O–H groups in total. The maximum absolute atomic E-state index is 6.17. The summed E-state index contributed by atoms with van der Waals surface area (Å²) in [6.07, 6.45) is 1.24. The fraction of sp³-hybridized carbons (Fsp3) is 0.615. The Morgan fingerprint density at radius 2 is 2.39 bits per heavy atom. The zero-order chi connectivity index (χ0) is 13.0. The van der Waals surface area contributed by atoms with Crippen molar-refractivity contribution in [2.45, 2.75) is 25.9 Å². The van der Waals surface area contributed by atoms with E-state index in [9.17, 15) is 0 Å². The van der Waals surface area contributed by atoms with Crippen LogP contribution < -0.4 is 10.2 Å². The van der Waals surface area contributed by atoms with Crippen LogP contribution in [-0.4, -0.2) is 36.1 Å². The summed E-state index contributed by atoms with van der Waals surface area (Å²) in [6, 6.07) is 4.58. The van der Waals surface area contributed by atoms with E-state index in [1.807, 2.05) is 23.9 Å². The van der Waals surface area contributed by atoms with Crippen LogP contribution in [0.25, 0.3) is 0 Å². The quantitative estimate of drug-likeness (QED) is 0.900. The molecule has 1 aliphatic heterocycles. The number of aromatic nitrogens is 1. The second kappa shape index (κ2) is 6.64. The maximum Gasteiger partial charge on any atom is 0.128 e. The number of halogens is 1. The fourth-order valence-electron chi connectivity index (χ4n) is 2.05. The van der Waals surface area contributed by atoms with Crippen LogP contribution in [0.15, 0.2) is 12.1 Å². The van der Waals surface area contributed by atoms with Gasteiger partial charge in [0.2, 0.25) is 0 Å². The van der Waals surface area contributed by atoms with E-state index in [2.05, 4.69) is 29.2 Å². The first-order valence-corrected chi connectivity index (χ1v) is 7.92. The lowest BCUT2D eigenvalue weighted by atomic mass is 10.2. The predicted octanol–water partition coefficient (Wildman–Crippen LogP) is 2.79. The van der Waals surface area contributed by atoms with E-state index in [1.165, 1.54) is 17.9 Å². The maximum atomic E-state index is 6.17. The molecule has 2 heterocycles. The Bertz CT molecular complexity index is 394. The second-order valence-corrected chi connectivity index (χ2v) is 6.06. The van der Waals surface area contributed by atoms with Gasteiger partial charge in [0, 0.05) is 25.4 Å². The average Bonchev–Trinajstić information content (AvgIpc) is 2.91. The van der Waals surface area contributed by atoms with Gasteiger partial charge in [0.25, 0.3) is 0 Å². The first-order chi connectivity index (χ1) is 8.72. The van der Waals surface area contributed by atoms with Gasteiger partial charge in [0.1, 0.15) is 5.82 Å². The summed E-state index contributed by atoms with van der Waals surface area (Å²) < 4.78 is 0. The van der Waals surface area contributed by atoms with Crippen molar-refractivity contribution < 1.29 is 0 Å². The van der Waals surface area contributed by atoms with Gasteiger partial charge in [-0.15, -0.1) is 0 Å². The fourth-order valence-corrected chi connectivity index (χ4v) is 3.49. The van der Waals surface area contributed by atoms with Crippen LogP contribution in [0.4, 0.5) is 5.82 Å². The number of anilines is 1. The number of thioether (sulfide) groups is 1. The smallest absolute Gasteiger partial charge is 0.128 e. The van der Waals surface area contributed by atoms with Gasteiger partial charge in [-0.2, -0.15) is 11.8 Å². The third-order valence-electron chi connectivity index (χ3n) is 3.26. The van der Waals surface area contributed by atoms with Crippen LogP contribution in [0, 0.1) is 0 Å². The van der Waals surface area contributed by atoms with Crippen LogP contribution >= 0.6 is 23.4 Å². The van der Waals surface area contributed by atoms with Gasteiger partial charge < -0.3 is 10.2 Å². The van der Waals surface area contributed by atoms with Crippen molar-refractivity contribution in [2.75, 3.05) is 30.0 Å². The highest BCUT2D eigenvalue weighted by Gasteiger charge is 2.21. The lowest BCUT2D eigenvalue weighted by Gasteiger charge is -2.25. The minimum absolute atomic E-state index is 0.607. The third-order valence-corrected chi connectivity index (χ3v) is 4.75. The summed E-state index contributed by atoms with van der Waals surface area (Å²) in [5.41, 5.74) is 0.938. The van der Waals surface area contributed by atoms with Crippen LogP contribution in [0.1, 0.15) is 19.0 Å². The molecule has 1 aliphatic rings. The molecular formula is C13H20ClN3S. The van der Waals surface area contributed by atoms with Crippen molar-refractivity contribution >= 4 is 29.2 Å². The molecule has 1 unspecified atom stereocenters. The van der Waals surface area contributed by atoms with E-state index in [-0.39, 0.29) is 0 Å². The van der Waals surface area contributed by atoms with Gasteiger partial charge in [-0.05, 0) is 30.9 Å². The van der Waals surface area contributed by atoms with Crippen LogP contribution in [0.3, 0.4) is 0 Å². The lowest BCUT2D eigenvalue weighted by Crippen LogP contribution is -2.32. The summed E-state index contributed by atoms with van der Waals surface area (Å²) in [7, 11) is 2.13. The molecule has 100 valence electrons. The third kappa shape index (κ3) is 3.31. The van der Waals surface area contributed by atoms with E-state index >= 15 is 0 Å². The summed E-state index contributed by atoms with van der Waals surface area (Å²) in [5.74, 6) is 3.48. The molecule has 0 bridgehead atoms. The Hall–Kier alpha value is -0.450. The van der Waals surface area contributed by atoms with Gasteiger partial charge in [-0.1, -0.05) is 18.5 Å². The van der Waals surface area contributed by atoms with Crippen LogP contribution in [0.5, 0.6) is 0 Å². The van der Waals surface area contributed by atoms with Gasteiger partial charge in [-0.25, -0.2) is 4.98 Å². The molecule has 3 nitrogen and oxygen atoms in total. The predicted molar refractivity (Wildman–Crippen MR) is 80.8 cm³/mol. The summed E-state index contributed by atoms with van der Waals surface area (Å²) in [5, 5.41) is 4.02. The number of hydrogen-bond acceptors (Lipinski definition) is 4. The Morgan fingerprint density at radius 3 is 3.06 bits per heavy atom. The first-order valence-electron chi connectivity index (χ1n) is 6.39. The van der Waals surface area contributed by atoms with Gasteiger partial charge in [-0.3, -0.25) is 0 Å². The highest BCUT2D eigenvalue weighted by atomic mass is 35.5. The molecule has 18 heavy (non-hydrogen) atoms. The lowest BCUT2D eigenvalue weighted by molar-refractivity contribution is 0.679. The minimum atomic E-state index is 0.607. The van der Waals surface area contributed by atoms with Gasteiger partial charge in [0.05, 0.1) is 10.7 Å². The topological polar surface area (TPSA) is 28.2 Å². The highest BCUT2D eigenvalue weighted by Crippen LogP contribution is 2.26. The van der Waals surface area contributed by atoms with Crippen molar-refractivity contribution in [3.8, 4) is 0 Å². The van der Waals surface area contributed by atoms with Crippen molar-refractivity contribution in [2.24, 2.45) is 0 Å². The molecule has 2 rings (SSSR count). The van der Waals surface area contributed by atoms with Crippen molar-refractivity contribution in [1.82, 2.24) is 10.3 Å². The second-order valence-electron chi connectivity index (χ2n) is 4.51. The SMILES string of the molecule is CCNCc1nc(N(C)C2CCSC2)ccc1Cl. The summed E-state index contributed by atoms with van der Waals surface area (Å²) in [6.45, 7) is 3.74. The van der Waals surface area contributed by atoms with E-state index in [4.69, 9.17) is 11.6 Å². The molecule has 0 saturated carbocycles.